The average Bonchev–Trinajstić information content (AvgIpc) is 3.56. The van der Waals surface area contributed by atoms with Crippen LogP contribution in [0.1, 0.15) is 29.5 Å². The average molecular weight is 535 g/mol. The lowest BCUT2D eigenvalue weighted by atomic mass is 10.1. The zero-order valence-electron chi connectivity index (χ0n) is 18.6. The van der Waals surface area contributed by atoms with Gasteiger partial charge in [0.05, 0.1) is 28.7 Å². The van der Waals surface area contributed by atoms with Gasteiger partial charge in [0.2, 0.25) is 0 Å². The van der Waals surface area contributed by atoms with Crippen LogP contribution in [0.5, 0.6) is 0 Å². The number of hydrogen-bond donors (Lipinski definition) is 0. The molecule has 3 aromatic rings. The first kappa shape index (κ1) is 25.7. The van der Waals surface area contributed by atoms with Gasteiger partial charge in [0, 0.05) is 23.5 Å². The summed E-state index contributed by atoms with van der Waals surface area (Å²) in [7, 11) is 0. The second-order valence-corrected chi connectivity index (χ2v) is 9.45. The Morgan fingerprint density at radius 3 is 2.53 bits per heavy atom. The van der Waals surface area contributed by atoms with Gasteiger partial charge < -0.3 is 4.90 Å². The van der Waals surface area contributed by atoms with Crippen molar-refractivity contribution in [1.82, 2.24) is 14.7 Å². The fourth-order valence-electron chi connectivity index (χ4n) is 4.03. The van der Waals surface area contributed by atoms with Gasteiger partial charge in [-0.15, -0.1) is 0 Å². The van der Waals surface area contributed by atoms with Crippen LogP contribution in [0.25, 0.3) is 17.0 Å². The van der Waals surface area contributed by atoms with Gasteiger partial charge in [0.1, 0.15) is 0 Å². The van der Waals surface area contributed by atoms with Crippen LogP contribution in [0.15, 0.2) is 52.5 Å². The Balaban J connectivity index is 0.000000967. The molecule has 1 amide bonds. The molecule has 186 valence electrons. The molecule has 0 aliphatic carbocycles. The van der Waals surface area contributed by atoms with Crippen molar-refractivity contribution >= 4 is 57.6 Å². The summed E-state index contributed by atoms with van der Waals surface area (Å²) in [6.45, 7) is 1.79. The highest BCUT2D eigenvalue weighted by Crippen LogP contribution is 2.35. The van der Waals surface area contributed by atoms with Gasteiger partial charge in [0.25, 0.3) is 5.91 Å². The van der Waals surface area contributed by atoms with Crippen molar-refractivity contribution in [2.45, 2.75) is 25.6 Å². The molecule has 1 saturated heterocycles. The number of benzene rings is 2. The number of hydrogen-bond acceptors (Lipinski definition) is 6. The molecule has 0 saturated carbocycles. The van der Waals surface area contributed by atoms with Gasteiger partial charge in [-0.2, -0.15) is 32.9 Å². The van der Waals surface area contributed by atoms with E-state index in [9.17, 15) is 18.0 Å². The Bertz CT molecular complexity index is 1410. The van der Waals surface area contributed by atoms with E-state index in [0.717, 1.165) is 48.1 Å². The van der Waals surface area contributed by atoms with Gasteiger partial charge in [-0.1, -0.05) is 23.7 Å². The Morgan fingerprint density at radius 2 is 1.83 bits per heavy atom. The second kappa shape index (κ2) is 10.7. The first-order valence-corrected chi connectivity index (χ1v) is 12.0. The number of amidine groups is 1. The summed E-state index contributed by atoms with van der Waals surface area (Å²) < 4.78 is 41.8. The first-order valence-electron chi connectivity index (χ1n) is 10.8. The minimum Gasteiger partial charge on any atom is -0.351 e. The van der Waals surface area contributed by atoms with E-state index >= 15 is 0 Å². The van der Waals surface area contributed by atoms with Crippen LogP contribution in [-0.4, -0.2) is 45.0 Å². The first-order chi connectivity index (χ1) is 17.2. The molecule has 0 unspecified atom stereocenters. The molecule has 7 nitrogen and oxygen atoms in total. The Kier molecular flexibility index (Phi) is 7.63. The highest BCUT2D eigenvalue weighted by Gasteiger charge is 2.33. The molecule has 12 heteroatoms. The lowest BCUT2D eigenvalue weighted by Crippen LogP contribution is -2.23. The fraction of sp³-hybridized carbons (Fsp3) is 0.250. The maximum atomic E-state index is 13.4. The number of aromatic nitrogens is 2. The van der Waals surface area contributed by atoms with Crippen LogP contribution >= 0.6 is 23.4 Å². The summed E-state index contributed by atoms with van der Waals surface area (Å²) in [6, 6.07) is 9.23. The number of alkyl halides is 3. The number of carbonyl (C=O) groups is 1. The molecule has 0 atom stereocenters. The second-order valence-electron chi connectivity index (χ2n) is 8.01. The van der Waals surface area contributed by atoms with Crippen molar-refractivity contribution in [3.63, 3.8) is 0 Å². The van der Waals surface area contributed by atoms with Gasteiger partial charge >= 0.3 is 12.3 Å². The molecule has 5 rings (SSSR count). The summed E-state index contributed by atoms with van der Waals surface area (Å²) in [6.07, 6.45) is 1.35. The SMILES string of the molecule is O=C1N=C(N2CCCC2)S/C1=C\c1ccc2c(cnn2Cc2ccc(Cl)cc2C(F)(F)F)c1.O=C=O. The van der Waals surface area contributed by atoms with Crippen molar-refractivity contribution in [1.29, 1.82) is 0 Å². The minimum atomic E-state index is -4.51. The number of amides is 1. The zero-order valence-corrected chi connectivity index (χ0v) is 20.2. The van der Waals surface area contributed by atoms with Crippen molar-refractivity contribution in [2.24, 2.45) is 4.99 Å². The van der Waals surface area contributed by atoms with Crippen LogP contribution in [0.2, 0.25) is 5.02 Å². The van der Waals surface area contributed by atoms with Crippen LogP contribution in [0, 0.1) is 0 Å². The quantitative estimate of drug-likeness (QED) is 0.427. The molecule has 0 N–H and O–H groups in total. The summed E-state index contributed by atoms with van der Waals surface area (Å²) in [5.74, 6) is -0.250. The van der Waals surface area contributed by atoms with E-state index in [0.29, 0.717) is 10.4 Å². The largest absolute Gasteiger partial charge is 0.416 e. The van der Waals surface area contributed by atoms with Gasteiger partial charge in [-0.3, -0.25) is 9.48 Å². The topological polar surface area (TPSA) is 84.6 Å². The maximum Gasteiger partial charge on any atom is 0.416 e. The van der Waals surface area contributed by atoms with Gasteiger partial charge in [-0.05, 0) is 66.1 Å². The number of thioether (sulfide) groups is 1. The summed E-state index contributed by atoms with van der Waals surface area (Å²) in [5.41, 5.74) is 0.811. The van der Waals surface area contributed by atoms with Crippen molar-refractivity contribution < 1.29 is 27.6 Å². The predicted molar refractivity (Wildman–Crippen MR) is 129 cm³/mol. The van der Waals surface area contributed by atoms with E-state index in [2.05, 4.69) is 15.0 Å². The number of aliphatic imine (C=N–C) groups is 1. The minimum absolute atomic E-state index is 0.0327. The Hall–Kier alpha value is -3.40. The number of nitrogens with zero attached hydrogens (tertiary/aromatic N) is 4. The van der Waals surface area contributed by atoms with Crippen molar-refractivity contribution in [3.05, 3.63) is 69.2 Å². The predicted octanol–water partition coefficient (Wildman–Crippen LogP) is 5.24. The molecule has 1 aromatic heterocycles. The van der Waals surface area contributed by atoms with E-state index in [4.69, 9.17) is 21.2 Å². The normalized spacial score (nSPS) is 16.8. The molecule has 2 aromatic carbocycles. The Labute approximate surface area is 212 Å². The molecule has 2 aliphatic heterocycles. The molecular formula is C24H18ClF3N4O3S. The third-order valence-corrected chi connectivity index (χ3v) is 6.93. The zero-order chi connectivity index (χ0) is 25.9. The molecule has 2 aliphatic rings. The van der Waals surface area contributed by atoms with E-state index in [1.165, 1.54) is 28.6 Å². The summed E-state index contributed by atoms with van der Waals surface area (Å²) in [5, 5.41) is 5.83. The van der Waals surface area contributed by atoms with Crippen LogP contribution in [-0.2, 0) is 27.1 Å². The summed E-state index contributed by atoms with van der Waals surface area (Å²) >= 11 is 7.16. The van der Waals surface area contributed by atoms with Gasteiger partial charge in [-0.25, -0.2) is 0 Å². The van der Waals surface area contributed by atoms with E-state index in [-0.39, 0.29) is 29.2 Å². The molecule has 0 spiro atoms. The van der Waals surface area contributed by atoms with E-state index in [1.807, 2.05) is 12.1 Å². The molecule has 36 heavy (non-hydrogen) atoms. The van der Waals surface area contributed by atoms with E-state index < -0.39 is 11.7 Å². The fourth-order valence-corrected chi connectivity index (χ4v) is 5.16. The molecule has 0 bridgehead atoms. The smallest absolute Gasteiger partial charge is 0.351 e. The highest BCUT2D eigenvalue weighted by atomic mass is 35.5. The number of halogens is 4. The number of fused-ring (bicyclic) bond motifs is 1. The molecule has 1 fully saturated rings. The lowest BCUT2D eigenvalue weighted by Gasteiger charge is -2.14. The lowest BCUT2D eigenvalue weighted by molar-refractivity contribution is -0.191. The molecule has 3 heterocycles. The standard InChI is InChI=1S/C23H18ClF3N4OS.CO2/c24-17-5-4-15(18(11-17)23(25,26)27)13-31-19-6-3-14(9-16(19)12-28-31)10-20-21(32)29-22(33-20)30-7-1-2-8-30;2-1-3/h3-6,9-12H,1-2,7-8,13H2;/b20-10-;. The summed E-state index contributed by atoms with van der Waals surface area (Å²) in [4.78, 5) is 35.4. The number of likely N-dealkylation sites (tertiary alicyclic amines) is 1. The third kappa shape index (κ3) is 5.70. The highest BCUT2D eigenvalue weighted by molar-refractivity contribution is 8.18. The molecule has 0 radical (unpaired) electrons. The van der Waals surface area contributed by atoms with E-state index in [1.54, 1.807) is 18.3 Å². The van der Waals surface area contributed by atoms with Crippen LogP contribution in [0.4, 0.5) is 13.2 Å². The van der Waals surface area contributed by atoms with Crippen LogP contribution < -0.4 is 0 Å². The Morgan fingerprint density at radius 1 is 1.11 bits per heavy atom. The van der Waals surface area contributed by atoms with Crippen molar-refractivity contribution in [2.75, 3.05) is 13.1 Å². The monoisotopic (exact) mass is 534 g/mol. The number of rotatable bonds is 3. The van der Waals surface area contributed by atoms with Crippen LogP contribution in [0.3, 0.4) is 0 Å². The molecular weight excluding hydrogens is 517 g/mol. The maximum absolute atomic E-state index is 13.4. The van der Waals surface area contributed by atoms with Crippen molar-refractivity contribution in [3.8, 4) is 0 Å². The number of carbonyl (C=O) groups excluding carboxylic acids is 3. The van der Waals surface area contributed by atoms with Gasteiger partial charge in [0.15, 0.2) is 5.17 Å². The third-order valence-electron chi connectivity index (χ3n) is 5.65.